The molecule has 7 nitrogen and oxygen atoms in total. The topological polar surface area (TPSA) is 92.8 Å². The zero-order valence-corrected chi connectivity index (χ0v) is 16.7. The maximum atomic E-state index is 12.1. The summed E-state index contributed by atoms with van der Waals surface area (Å²) in [5, 5.41) is 10.8. The van der Waals surface area contributed by atoms with Crippen LogP contribution in [0.15, 0.2) is 35.6 Å². The minimum absolute atomic E-state index is 0.111. The number of hydrogen-bond donors (Lipinski definition) is 2. The summed E-state index contributed by atoms with van der Waals surface area (Å²) in [7, 11) is 1.61. The van der Waals surface area contributed by atoms with Gasteiger partial charge in [0.2, 0.25) is 11.1 Å². The minimum atomic E-state index is -0.271. The fraction of sp³-hybridized carbons (Fsp3) is 0.176. The number of carbonyl (C=O) groups excluding carboxylic acids is 1. The Morgan fingerprint density at radius 1 is 1.30 bits per heavy atom. The van der Waals surface area contributed by atoms with Gasteiger partial charge in [0.15, 0.2) is 11.6 Å². The molecule has 27 heavy (non-hydrogen) atoms. The Balaban J connectivity index is 1.59. The van der Waals surface area contributed by atoms with Gasteiger partial charge in [0.25, 0.3) is 0 Å². The van der Waals surface area contributed by atoms with Crippen LogP contribution in [-0.2, 0) is 4.79 Å². The van der Waals surface area contributed by atoms with E-state index in [1.807, 2.05) is 24.3 Å². The van der Waals surface area contributed by atoms with Gasteiger partial charge >= 0.3 is 0 Å². The van der Waals surface area contributed by atoms with Gasteiger partial charge in [-0.1, -0.05) is 35.0 Å². The number of amides is 1. The van der Waals surface area contributed by atoms with Crippen LogP contribution >= 0.6 is 35.0 Å². The molecule has 0 spiro atoms. The van der Waals surface area contributed by atoms with E-state index in [4.69, 9.17) is 27.9 Å². The molecule has 0 saturated heterocycles. The van der Waals surface area contributed by atoms with Crippen molar-refractivity contribution in [2.75, 3.05) is 18.2 Å². The number of H-pyrrole nitrogens is 1. The van der Waals surface area contributed by atoms with E-state index in [2.05, 4.69) is 25.5 Å². The second-order valence-corrected chi connectivity index (χ2v) is 7.15. The summed E-state index contributed by atoms with van der Waals surface area (Å²) in [5.41, 5.74) is 1.53. The standard InChI is InChI=1S/C17H15Cl2N5O2S/c1-9-12(18)7-20-16(14(9)19)21-13(25)8-27-17-22-15(23-24-17)10-3-5-11(26-2)6-4-10/h3-7H,8H2,1-2H3,(H,20,21,25)(H,22,23,24). The Hall–Kier alpha value is -2.29. The highest BCUT2D eigenvalue weighted by atomic mass is 35.5. The van der Waals surface area contributed by atoms with Gasteiger partial charge in [-0.25, -0.2) is 9.97 Å². The summed E-state index contributed by atoms with van der Waals surface area (Å²) in [4.78, 5) is 20.6. The molecule has 0 aliphatic rings. The first kappa shape index (κ1) is 19.5. The lowest BCUT2D eigenvalue weighted by Gasteiger charge is -2.08. The van der Waals surface area contributed by atoms with Crippen LogP contribution in [0.1, 0.15) is 5.56 Å². The van der Waals surface area contributed by atoms with Gasteiger partial charge in [0.05, 0.1) is 22.9 Å². The lowest BCUT2D eigenvalue weighted by molar-refractivity contribution is -0.113. The van der Waals surface area contributed by atoms with E-state index in [0.717, 1.165) is 11.3 Å². The van der Waals surface area contributed by atoms with Crippen molar-refractivity contribution < 1.29 is 9.53 Å². The third kappa shape index (κ3) is 4.71. The van der Waals surface area contributed by atoms with Gasteiger partial charge in [0.1, 0.15) is 5.75 Å². The van der Waals surface area contributed by atoms with E-state index in [9.17, 15) is 4.79 Å². The normalized spacial score (nSPS) is 10.7. The number of rotatable bonds is 6. The van der Waals surface area contributed by atoms with Crippen molar-refractivity contribution >= 4 is 46.7 Å². The summed E-state index contributed by atoms with van der Waals surface area (Å²) >= 11 is 13.3. The molecule has 0 atom stereocenters. The van der Waals surface area contributed by atoms with Crippen molar-refractivity contribution in [1.29, 1.82) is 0 Å². The first-order chi connectivity index (χ1) is 13.0. The van der Waals surface area contributed by atoms with Gasteiger partial charge in [0, 0.05) is 11.8 Å². The molecule has 0 fully saturated rings. The van der Waals surface area contributed by atoms with Crippen LogP contribution in [0, 0.1) is 6.92 Å². The molecular formula is C17H15Cl2N5O2S. The molecule has 10 heteroatoms. The summed E-state index contributed by atoms with van der Waals surface area (Å²) in [5.74, 6) is 1.48. The van der Waals surface area contributed by atoms with E-state index in [1.54, 1.807) is 14.0 Å². The molecule has 3 rings (SSSR count). The monoisotopic (exact) mass is 423 g/mol. The third-order valence-electron chi connectivity index (χ3n) is 3.62. The summed E-state index contributed by atoms with van der Waals surface area (Å²) in [6.45, 7) is 1.76. The van der Waals surface area contributed by atoms with Gasteiger partial charge in [-0.15, -0.1) is 5.10 Å². The van der Waals surface area contributed by atoms with Crippen LogP contribution in [0.3, 0.4) is 0 Å². The second kappa shape index (κ2) is 8.60. The number of anilines is 1. The molecule has 2 N–H and O–H groups in total. The van der Waals surface area contributed by atoms with E-state index >= 15 is 0 Å². The third-order valence-corrected chi connectivity index (χ3v) is 5.31. The number of ether oxygens (including phenoxy) is 1. The van der Waals surface area contributed by atoms with Crippen molar-refractivity contribution in [1.82, 2.24) is 20.2 Å². The Labute approximate surface area is 169 Å². The maximum Gasteiger partial charge on any atom is 0.236 e. The molecule has 2 aromatic heterocycles. The van der Waals surface area contributed by atoms with E-state index in [0.29, 0.717) is 26.6 Å². The van der Waals surface area contributed by atoms with Crippen LogP contribution in [0.5, 0.6) is 5.75 Å². The number of thioether (sulfide) groups is 1. The van der Waals surface area contributed by atoms with E-state index in [1.165, 1.54) is 18.0 Å². The molecule has 3 aromatic rings. The van der Waals surface area contributed by atoms with Gasteiger partial charge in [-0.2, -0.15) is 0 Å². The first-order valence-corrected chi connectivity index (χ1v) is 9.52. The number of nitrogens with one attached hydrogen (secondary N) is 2. The van der Waals surface area contributed by atoms with Crippen molar-refractivity contribution in [3.63, 3.8) is 0 Å². The predicted octanol–water partition coefficient (Wildman–Crippen LogP) is 4.22. The molecule has 0 unspecified atom stereocenters. The quantitative estimate of drug-likeness (QED) is 0.576. The zero-order chi connectivity index (χ0) is 19.4. The SMILES string of the molecule is COc1ccc(-c2nc(SCC(=O)Nc3ncc(Cl)c(C)c3Cl)n[nH]2)cc1. The molecule has 140 valence electrons. The average Bonchev–Trinajstić information content (AvgIpc) is 3.16. The summed E-state index contributed by atoms with van der Waals surface area (Å²) in [6.07, 6.45) is 1.45. The number of aromatic nitrogens is 4. The Morgan fingerprint density at radius 3 is 2.74 bits per heavy atom. The molecule has 2 heterocycles. The first-order valence-electron chi connectivity index (χ1n) is 7.78. The number of nitrogens with zero attached hydrogens (tertiary/aromatic N) is 3. The smallest absolute Gasteiger partial charge is 0.236 e. The molecule has 0 aliphatic heterocycles. The summed E-state index contributed by atoms with van der Waals surface area (Å²) in [6, 6.07) is 7.42. The molecule has 0 aliphatic carbocycles. The number of carbonyl (C=O) groups is 1. The number of benzene rings is 1. The highest BCUT2D eigenvalue weighted by Gasteiger charge is 2.13. The lowest BCUT2D eigenvalue weighted by atomic mass is 10.2. The van der Waals surface area contributed by atoms with Crippen LogP contribution in [0.25, 0.3) is 11.4 Å². The van der Waals surface area contributed by atoms with Crippen LogP contribution in [-0.4, -0.2) is 38.9 Å². The van der Waals surface area contributed by atoms with Crippen molar-refractivity contribution in [2.24, 2.45) is 0 Å². The zero-order valence-electron chi connectivity index (χ0n) is 14.4. The molecule has 1 aromatic carbocycles. The number of aromatic amines is 1. The highest BCUT2D eigenvalue weighted by molar-refractivity contribution is 7.99. The molecule has 0 bridgehead atoms. The minimum Gasteiger partial charge on any atom is -0.497 e. The van der Waals surface area contributed by atoms with E-state index in [-0.39, 0.29) is 17.5 Å². The highest BCUT2D eigenvalue weighted by Crippen LogP contribution is 2.29. The number of halogens is 2. The largest absolute Gasteiger partial charge is 0.497 e. The summed E-state index contributed by atoms with van der Waals surface area (Å²) < 4.78 is 5.13. The Morgan fingerprint density at radius 2 is 2.04 bits per heavy atom. The van der Waals surface area contributed by atoms with E-state index < -0.39 is 0 Å². The molecule has 0 radical (unpaired) electrons. The fourth-order valence-corrected chi connectivity index (χ4v) is 3.12. The second-order valence-electron chi connectivity index (χ2n) is 5.43. The predicted molar refractivity (Wildman–Crippen MR) is 107 cm³/mol. The Kier molecular flexibility index (Phi) is 6.20. The van der Waals surface area contributed by atoms with Gasteiger partial charge < -0.3 is 10.1 Å². The van der Waals surface area contributed by atoms with Crippen LogP contribution < -0.4 is 10.1 Å². The van der Waals surface area contributed by atoms with Crippen molar-refractivity contribution in [3.05, 3.63) is 46.1 Å². The number of pyridine rings is 1. The molecular weight excluding hydrogens is 409 g/mol. The molecule has 1 amide bonds. The van der Waals surface area contributed by atoms with Crippen molar-refractivity contribution in [2.45, 2.75) is 12.1 Å². The number of methoxy groups -OCH3 is 1. The lowest BCUT2D eigenvalue weighted by Crippen LogP contribution is -2.15. The van der Waals surface area contributed by atoms with Crippen LogP contribution in [0.4, 0.5) is 5.82 Å². The van der Waals surface area contributed by atoms with Crippen molar-refractivity contribution in [3.8, 4) is 17.1 Å². The average molecular weight is 424 g/mol. The number of hydrogen-bond acceptors (Lipinski definition) is 6. The van der Waals surface area contributed by atoms with Crippen LogP contribution in [0.2, 0.25) is 10.0 Å². The van der Waals surface area contributed by atoms with Gasteiger partial charge in [-0.3, -0.25) is 9.89 Å². The fourth-order valence-electron chi connectivity index (χ4n) is 2.13. The maximum absolute atomic E-state index is 12.1. The van der Waals surface area contributed by atoms with Gasteiger partial charge in [-0.05, 0) is 36.8 Å². The Bertz CT molecular complexity index is 962. The molecule has 0 saturated carbocycles.